The molecule has 2 aromatic rings. The highest BCUT2D eigenvalue weighted by Gasteiger charge is 2.33. The molecule has 0 bridgehead atoms. The van der Waals surface area contributed by atoms with Crippen LogP contribution < -0.4 is 14.4 Å². The molecule has 1 N–H and O–H groups in total. The third-order valence-electron chi connectivity index (χ3n) is 4.47. The number of carbonyl (C=O) groups excluding carboxylic acids is 1. The third kappa shape index (κ3) is 5.45. The molecule has 0 radical (unpaired) electrons. The second-order valence-corrected chi connectivity index (χ2v) is 8.39. The second kappa shape index (κ2) is 10.5. The van der Waals surface area contributed by atoms with Crippen LogP contribution in [-0.2, 0) is 4.79 Å². The van der Waals surface area contributed by atoms with Gasteiger partial charge in [0.2, 0.25) is 0 Å². The van der Waals surface area contributed by atoms with E-state index in [9.17, 15) is 14.7 Å². The summed E-state index contributed by atoms with van der Waals surface area (Å²) in [5.74, 6) is -0.0613. The quantitative estimate of drug-likeness (QED) is 0.308. The molecule has 3 rings (SSSR count). The minimum absolute atomic E-state index is 0.0931. The SMILES string of the molecule is CCCCOc1ccc(/C=C2\SC(=S)N(c3cccc(C(=O)O)c3)C2=O)cc1OCC. The Balaban J connectivity index is 1.86. The van der Waals surface area contributed by atoms with Crippen molar-refractivity contribution >= 4 is 51.9 Å². The standard InChI is InChI=1S/C23H23NO5S2/c1-3-5-11-29-18-10-9-15(12-19(18)28-4-2)13-20-21(25)24(23(30)31-20)17-8-6-7-16(14-17)22(26)27/h6-10,12-14H,3-5,11H2,1-2H3,(H,26,27)/b20-13-. The van der Waals surface area contributed by atoms with Gasteiger partial charge in [0, 0.05) is 0 Å². The molecule has 6 nitrogen and oxygen atoms in total. The summed E-state index contributed by atoms with van der Waals surface area (Å²) < 4.78 is 11.9. The third-order valence-corrected chi connectivity index (χ3v) is 5.77. The molecule has 0 unspecified atom stereocenters. The Morgan fingerprint density at radius 1 is 1.16 bits per heavy atom. The van der Waals surface area contributed by atoms with Crippen molar-refractivity contribution in [3.8, 4) is 11.5 Å². The summed E-state index contributed by atoms with van der Waals surface area (Å²) in [6.45, 7) is 5.11. The maximum atomic E-state index is 13.0. The lowest BCUT2D eigenvalue weighted by molar-refractivity contribution is -0.113. The molecule has 1 amide bonds. The Morgan fingerprint density at radius 3 is 2.68 bits per heavy atom. The van der Waals surface area contributed by atoms with E-state index in [1.807, 2.05) is 25.1 Å². The van der Waals surface area contributed by atoms with Gasteiger partial charge in [0.25, 0.3) is 5.91 Å². The van der Waals surface area contributed by atoms with E-state index in [0.717, 1.165) is 18.4 Å². The molecule has 0 aliphatic carbocycles. The van der Waals surface area contributed by atoms with Gasteiger partial charge >= 0.3 is 5.97 Å². The van der Waals surface area contributed by atoms with E-state index in [4.69, 9.17) is 21.7 Å². The van der Waals surface area contributed by atoms with Crippen molar-refractivity contribution in [2.75, 3.05) is 18.1 Å². The van der Waals surface area contributed by atoms with Crippen molar-refractivity contribution in [1.82, 2.24) is 0 Å². The van der Waals surface area contributed by atoms with Crippen LogP contribution in [-0.4, -0.2) is 34.5 Å². The van der Waals surface area contributed by atoms with E-state index in [1.165, 1.54) is 28.8 Å². The van der Waals surface area contributed by atoms with Crippen LogP contribution in [0.2, 0.25) is 0 Å². The predicted molar refractivity (Wildman–Crippen MR) is 127 cm³/mol. The van der Waals surface area contributed by atoms with Crippen molar-refractivity contribution in [1.29, 1.82) is 0 Å². The zero-order valence-corrected chi connectivity index (χ0v) is 18.9. The fraction of sp³-hybridized carbons (Fsp3) is 0.261. The van der Waals surface area contributed by atoms with Gasteiger partial charge in [-0.1, -0.05) is 49.5 Å². The Bertz CT molecular complexity index is 1030. The number of benzene rings is 2. The van der Waals surface area contributed by atoms with Gasteiger partial charge in [-0.2, -0.15) is 0 Å². The lowest BCUT2D eigenvalue weighted by atomic mass is 10.1. The molecular weight excluding hydrogens is 434 g/mol. The van der Waals surface area contributed by atoms with E-state index in [-0.39, 0.29) is 11.5 Å². The highest BCUT2D eigenvalue weighted by Crippen LogP contribution is 2.37. The summed E-state index contributed by atoms with van der Waals surface area (Å²) >= 11 is 6.56. The maximum Gasteiger partial charge on any atom is 0.335 e. The van der Waals surface area contributed by atoms with Crippen LogP contribution in [0.3, 0.4) is 0 Å². The number of unbranched alkanes of at least 4 members (excludes halogenated alkanes) is 1. The van der Waals surface area contributed by atoms with E-state index < -0.39 is 5.97 Å². The van der Waals surface area contributed by atoms with Crippen molar-refractivity contribution in [3.05, 3.63) is 58.5 Å². The number of nitrogens with zero attached hydrogens (tertiary/aromatic N) is 1. The van der Waals surface area contributed by atoms with E-state index in [0.29, 0.717) is 39.6 Å². The molecule has 0 aromatic heterocycles. The fourth-order valence-corrected chi connectivity index (χ4v) is 4.25. The van der Waals surface area contributed by atoms with Crippen LogP contribution >= 0.6 is 24.0 Å². The lowest BCUT2D eigenvalue weighted by Crippen LogP contribution is -2.27. The number of hydrogen-bond acceptors (Lipinski definition) is 6. The normalized spacial score (nSPS) is 14.9. The number of rotatable bonds is 9. The molecule has 8 heteroatoms. The van der Waals surface area contributed by atoms with Crippen LogP contribution in [0.1, 0.15) is 42.6 Å². The summed E-state index contributed by atoms with van der Waals surface area (Å²) in [5.41, 5.74) is 1.31. The van der Waals surface area contributed by atoms with Crippen LogP contribution in [0.5, 0.6) is 11.5 Å². The first kappa shape index (κ1) is 22.8. The predicted octanol–water partition coefficient (Wildman–Crippen LogP) is 5.37. The van der Waals surface area contributed by atoms with Crippen LogP contribution in [0.15, 0.2) is 47.4 Å². The van der Waals surface area contributed by atoms with E-state index >= 15 is 0 Å². The minimum Gasteiger partial charge on any atom is -0.490 e. The number of carbonyl (C=O) groups is 2. The van der Waals surface area contributed by atoms with Gasteiger partial charge in [-0.15, -0.1) is 0 Å². The molecule has 1 heterocycles. The monoisotopic (exact) mass is 457 g/mol. The van der Waals surface area contributed by atoms with Gasteiger partial charge in [-0.05, 0) is 55.3 Å². The first-order valence-electron chi connectivity index (χ1n) is 9.95. The Morgan fingerprint density at radius 2 is 1.97 bits per heavy atom. The minimum atomic E-state index is -1.06. The molecule has 162 valence electrons. The molecule has 0 atom stereocenters. The molecular formula is C23H23NO5S2. The smallest absolute Gasteiger partial charge is 0.335 e. The van der Waals surface area contributed by atoms with Gasteiger partial charge < -0.3 is 14.6 Å². The lowest BCUT2D eigenvalue weighted by Gasteiger charge is -2.15. The van der Waals surface area contributed by atoms with Crippen LogP contribution in [0.4, 0.5) is 5.69 Å². The Hall–Kier alpha value is -2.84. The average molecular weight is 458 g/mol. The summed E-state index contributed by atoms with van der Waals surface area (Å²) in [7, 11) is 0. The number of hydrogen-bond donors (Lipinski definition) is 1. The zero-order valence-electron chi connectivity index (χ0n) is 17.3. The van der Waals surface area contributed by atoms with Crippen LogP contribution in [0, 0.1) is 0 Å². The van der Waals surface area contributed by atoms with Crippen LogP contribution in [0.25, 0.3) is 6.08 Å². The first-order valence-corrected chi connectivity index (χ1v) is 11.2. The average Bonchev–Trinajstić information content (AvgIpc) is 3.03. The number of carboxylic acids is 1. The molecule has 1 saturated heterocycles. The molecule has 0 saturated carbocycles. The molecule has 2 aromatic carbocycles. The fourth-order valence-electron chi connectivity index (χ4n) is 2.95. The van der Waals surface area contributed by atoms with Crippen molar-refractivity contribution in [2.45, 2.75) is 26.7 Å². The number of carboxylic acid groups (broad SMARTS) is 1. The summed E-state index contributed by atoms with van der Waals surface area (Å²) in [5, 5.41) is 9.22. The van der Waals surface area contributed by atoms with E-state index in [2.05, 4.69) is 6.92 Å². The number of thioether (sulfide) groups is 1. The molecule has 1 aliphatic rings. The molecule has 31 heavy (non-hydrogen) atoms. The number of amides is 1. The van der Waals surface area contributed by atoms with Crippen molar-refractivity contribution < 1.29 is 24.2 Å². The number of aromatic carboxylic acids is 1. The summed E-state index contributed by atoms with van der Waals surface area (Å²) in [6, 6.07) is 11.7. The number of anilines is 1. The maximum absolute atomic E-state index is 13.0. The van der Waals surface area contributed by atoms with Crippen molar-refractivity contribution in [3.63, 3.8) is 0 Å². The van der Waals surface area contributed by atoms with Gasteiger partial charge in [-0.25, -0.2) is 4.79 Å². The molecule has 1 aliphatic heterocycles. The van der Waals surface area contributed by atoms with Gasteiger partial charge in [0.1, 0.15) is 0 Å². The largest absolute Gasteiger partial charge is 0.490 e. The highest BCUT2D eigenvalue weighted by molar-refractivity contribution is 8.27. The Kier molecular flexibility index (Phi) is 7.70. The molecule has 1 fully saturated rings. The van der Waals surface area contributed by atoms with Gasteiger partial charge in [0.15, 0.2) is 15.8 Å². The number of thiocarbonyl (C=S) groups is 1. The van der Waals surface area contributed by atoms with E-state index in [1.54, 1.807) is 18.2 Å². The first-order chi connectivity index (χ1) is 14.9. The summed E-state index contributed by atoms with van der Waals surface area (Å²) in [6.07, 6.45) is 3.75. The van der Waals surface area contributed by atoms with Gasteiger partial charge in [-0.3, -0.25) is 9.69 Å². The van der Waals surface area contributed by atoms with Crippen molar-refractivity contribution in [2.24, 2.45) is 0 Å². The van der Waals surface area contributed by atoms with Gasteiger partial charge in [0.05, 0.1) is 29.4 Å². The summed E-state index contributed by atoms with van der Waals surface area (Å²) in [4.78, 5) is 26.1. The highest BCUT2D eigenvalue weighted by atomic mass is 32.2. The Labute approximate surface area is 190 Å². The topological polar surface area (TPSA) is 76.1 Å². The number of ether oxygens (including phenoxy) is 2. The molecule has 0 spiro atoms. The second-order valence-electron chi connectivity index (χ2n) is 6.71. The zero-order chi connectivity index (χ0) is 22.4.